The number of carboxylic acids is 1. The van der Waals surface area contributed by atoms with Gasteiger partial charge >= 0.3 is 5.97 Å². The number of ether oxygens (including phenoxy) is 1. The summed E-state index contributed by atoms with van der Waals surface area (Å²) in [5, 5.41) is 9.48. The molecule has 0 aliphatic carbocycles. The molecule has 6 nitrogen and oxygen atoms in total. The second-order valence-corrected chi connectivity index (χ2v) is 7.79. The predicted octanol–water partition coefficient (Wildman–Crippen LogP) is 3.47. The molecule has 29 heavy (non-hydrogen) atoms. The number of nitrogens with zero attached hydrogens (tertiary/aromatic N) is 2. The van der Waals surface area contributed by atoms with Gasteiger partial charge in [0.25, 0.3) is 0 Å². The van der Waals surface area contributed by atoms with Crippen molar-refractivity contribution in [1.82, 2.24) is 4.90 Å². The lowest BCUT2D eigenvalue weighted by atomic mass is 10.0. The van der Waals surface area contributed by atoms with Gasteiger partial charge in [-0.2, -0.15) is 0 Å². The number of aliphatic carboxylic acids is 1. The van der Waals surface area contributed by atoms with Crippen LogP contribution in [0.3, 0.4) is 0 Å². The average Bonchev–Trinajstić information content (AvgIpc) is 2.69. The highest BCUT2D eigenvalue weighted by Gasteiger charge is 2.33. The van der Waals surface area contributed by atoms with Crippen molar-refractivity contribution in [1.29, 1.82) is 0 Å². The molecule has 2 aromatic carbocycles. The largest absolute Gasteiger partial charge is 0.480 e. The van der Waals surface area contributed by atoms with Crippen LogP contribution in [-0.2, 0) is 16.0 Å². The van der Waals surface area contributed by atoms with Crippen LogP contribution in [0.4, 0.5) is 5.69 Å². The van der Waals surface area contributed by atoms with E-state index in [9.17, 15) is 9.59 Å². The van der Waals surface area contributed by atoms with Crippen LogP contribution in [-0.4, -0.2) is 53.7 Å². The molecule has 2 aromatic rings. The number of carbonyl (C=O) groups excluding carboxylic acids is 1. The molecule has 0 saturated carbocycles. The number of piperazine rings is 1. The van der Waals surface area contributed by atoms with Crippen LogP contribution >= 0.6 is 11.6 Å². The molecule has 1 N–H and O–H groups in total. The Morgan fingerprint density at radius 2 is 1.83 bits per heavy atom. The van der Waals surface area contributed by atoms with E-state index in [2.05, 4.69) is 4.90 Å². The van der Waals surface area contributed by atoms with E-state index in [4.69, 9.17) is 21.4 Å². The van der Waals surface area contributed by atoms with E-state index in [1.165, 1.54) is 0 Å². The van der Waals surface area contributed by atoms with Gasteiger partial charge in [-0.3, -0.25) is 4.79 Å². The van der Waals surface area contributed by atoms with Gasteiger partial charge in [0.2, 0.25) is 5.91 Å². The van der Waals surface area contributed by atoms with Crippen molar-refractivity contribution < 1.29 is 19.4 Å². The number of hydrogen-bond acceptors (Lipinski definition) is 4. The monoisotopic (exact) mass is 416 g/mol. The smallest absolute Gasteiger partial charge is 0.341 e. The standard InChI is InChI=1S/C22H25ClN2O4/c1-15-13-25(21(26)10-17-6-4-3-5-7-17)16(2)12-24(15)19-11-18(23)8-9-20(19)29-14-22(27)28/h3-9,11,15-16H,10,12-14H2,1-2H3,(H,27,28). The maximum absolute atomic E-state index is 12.9. The lowest BCUT2D eigenvalue weighted by Crippen LogP contribution is -2.58. The number of carbonyl (C=O) groups is 2. The number of carboxylic acid groups (broad SMARTS) is 1. The summed E-state index contributed by atoms with van der Waals surface area (Å²) < 4.78 is 5.46. The zero-order chi connectivity index (χ0) is 21.0. The van der Waals surface area contributed by atoms with Crippen molar-refractivity contribution in [3.8, 4) is 5.75 Å². The number of amides is 1. The van der Waals surface area contributed by atoms with E-state index in [1.807, 2.05) is 49.1 Å². The van der Waals surface area contributed by atoms with Crippen molar-refractivity contribution in [2.45, 2.75) is 32.4 Å². The summed E-state index contributed by atoms with van der Waals surface area (Å²) in [6.45, 7) is 4.80. The van der Waals surface area contributed by atoms with Gasteiger partial charge < -0.3 is 19.6 Å². The van der Waals surface area contributed by atoms with E-state index in [0.717, 1.165) is 11.3 Å². The van der Waals surface area contributed by atoms with E-state index < -0.39 is 12.6 Å². The summed E-state index contributed by atoms with van der Waals surface area (Å²) in [7, 11) is 0. The van der Waals surface area contributed by atoms with Crippen LogP contribution in [0.15, 0.2) is 48.5 Å². The normalized spacial score (nSPS) is 19.1. The van der Waals surface area contributed by atoms with Crippen molar-refractivity contribution in [2.24, 2.45) is 0 Å². The molecule has 1 heterocycles. The summed E-state index contributed by atoms with van der Waals surface area (Å²) in [5.74, 6) is -0.466. The molecule has 1 fully saturated rings. The Labute approximate surface area is 175 Å². The molecule has 0 bridgehead atoms. The van der Waals surface area contributed by atoms with Gasteiger partial charge in [0, 0.05) is 30.2 Å². The molecule has 1 amide bonds. The Balaban J connectivity index is 1.75. The van der Waals surface area contributed by atoms with Gasteiger partial charge in [-0.1, -0.05) is 41.9 Å². The summed E-state index contributed by atoms with van der Waals surface area (Å²) >= 11 is 6.19. The summed E-state index contributed by atoms with van der Waals surface area (Å²) in [6, 6.07) is 14.9. The number of benzene rings is 2. The summed E-state index contributed by atoms with van der Waals surface area (Å²) in [5.41, 5.74) is 1.74. The van der Waals surface area contributed by atoms with Crippen molar-refractivity contribution >= 4 is 29.2 Å². The average molecular weight is 417 g/mol. The van der Waals surface area contributed by atoms with Crippen LogP contribution in [0, 0.1) is 0 Å². The molecule has 0 radical (unpaired) electrons. The zero-order valence-corrected chi connectivity index (χ0v) is 17.3. The molecule has 1 aliphatic rings. The highest BCUT2D eigenvalue weighted by molar-refractivity contribution is 6.31. The topological polar surface area (TPSA) is 70.1 Å². The maximum Gasteiger partial charge on any atom is 0.341 e. The van der Waals surface area contributed by atoms with Gasteiger partial charge in [0.15, 0.2) is 6.61 Å². The molecule has 154 valence electrons. The number of halogens is 1. The van der Waals surface area contributed by atoms with Gasteiger partial charge in [-0.05, 0) is 37.6 Å². The number of hydrogen-bond donors (Lipinski definition) is 1. The maximum atomic E-state index is 12.9. The highest BCUT2D eigenvalue weighted by Crippen LogP contribution is 2.35. The van der Waals surface area contributed by atoms with E-state index in [-0.39, 0.29) is 18.0 Å². The minimum absolute atomic E-state index is 0.00582. The molecule has 1 saturated heterocycles. The van der Waals surface area contributed by atoms with Crippen LogP contribution in [0.5, 0.6) is 5.75 Å². The van der Waals surface area contributed by atoms with E-state index in [0.29, 0.717) is 30.3 Å². The highest BCUT2D eigenvalue weighted by atomic mass is 35.5. The molecular weight excluding hydrogens is 392 g/mol. The predicted molar refractivity (Wildman–Crippen MR) is 113 cm³/mol. The van der Waals surface area contributed by atoms with Gasteiger partial charge in [-0.15, -0.1) is 0 Å². The first-order chi connectivity index (χ1) is 13.8. The van der Waals surface area contributed by atoms with E-state index >= 15 is 0 Å². The first kappa shape index (κ1) is 21.0. The summed E-state index contributed by atoms with van der Waals surface area (Å²) in [4.78, 5) is 27.8. The van der Waals surface area contributed by atoms with Crippen molar-refractivity contribution in [2.75, 3.05) is 24.6 Å². The third kappa shape index (κ3) is 5.21. The van der Waals surface area contributed by atoms with Crippen LogP contribution in [0.25, 0.3) is 0 Å². The van der Waals surface area contributed by atoms with E-state index in [1.54, 1.807) is 18.2 Å². The van der Waals surface area contributed by atoms with Crippen molar-refractivity contribution in [3.63, 3.8) is 0 Å². The fourth-order valence-corrected chi connectivity index (χ4v) is 3.82. The molecule has 2 unspecified atom stereocenters. The third-order valence-corrected chi connectivity index (χ3v) is 5.32. The van der Waals surface area contributed by atoms with Gasteiger partial charge in [0.1, 0.15) is 5.75 Å². The van der Waals surface area contributed by atoms with Crippen LogP contribution in [0.1, 0.15) is 19.4 Å². The fourth-order valence-electron chi connectivity index (χ4n) is 3.66. The quantitative estimate of drug-likeness (QED) is 0.780. The molecule has 7 heteroatoms. The molecule has 2 atom stereocenters. The lowest BCUT2D eigenvalue weighted by molar-refractivity contribution is -0.139. The fraction of sp³-hybridized carbons (Fsp3) is 0.364. The Morgan fingerprint density at radius 1 is 1.10 bits per heavy atom. The molecule has 0 aromatic heterocycles. The minimum Gasteiger partial charge on any atom is -0.480 e. The first-order valence-corrected chi connectivity index (χ1v) is 9.97. The Hall–Kier alpha value is -2.73. The molecular formula is C22H25ClN2O4. The van der Waals surface area contributed by atoms with Crippen molar-refractivity contribution in [3.05, 3.63) is 59.1 Å². The Kier molecular flexibility index (Phi) is 6.64. The summed E-state index contributed by atoms with van der Waals surface area (Å²) in [6.07, 6.45) is 0.377. The van der Waals surface area contributed by atoms with Crippen LogP contribution < -0.4 is 9.64 Å². The minimum atomic E-state index is -1.04. The van der Waals surface area contributed by atoms with Gasteiger partial charge in [0.05, 0.1) is 12.1 Å². The van der Waals surface area contributed by atoms with Crippen LogP contribution in [0.2, 0.25) is 5.02 Å². The second kappa shape index (κ2) is 9.18. The first-order valence-electron chi connectivity index (χ1n) is 9.59. The second-order valence-electron chi connectivity index (χ2n) is 7.35. The number of rotatable bonds is 6. The zero-order valence-electron chi connectivity index (χ0n) is 16.5. The third-order valence-electron chi connectivity index (χ3n) is 5.09. The Morgan fingerprint density at radius 3 is 2.52 bits per heavy atom. The Bertz CT molecular complexity index is 874. The molecule has 3 rings (SSSR count). The lowest BCUT2D eigenvalue weighted by Gasteiger charge is -2.45. The SMILES string of the molecule is CC1CN(c2cc(Cl)ccc2OCC(=O)O)C(C)CN1C(=O)Cc1ccccc1. The molecule has 0 spiro atoms. The van der Waals surface area contributed by atoms with Gasteiger partial charge in [-0.25, -0.2) is 4.79 Å². The number of anilines is 1. The molecule has 1 aliphatic heterocycles.